The average Bonchev–Trinajstić information content (AvgIpc) is 2.71. The summed E-state index contributed by atoms with van der Waals surface area (Å²) in [4.78, 5) is 24.8. The molecule has 0 saturated heterocycles. The van der Waals surface area contributed by atoms with Crippen LogP contribution in [0.5, 0.6) is 17.2 Å². The number of methoxy groups -OCH3 is 2. The maximum absolute atomic E-state index is 12.4. The van der Waals surface area contributed by atoms with E-state index in [9.17, 15) is 9.59 Å². The van der Waals surface area contributed by atoms with Gasteiger partial charge in [0.2, 0.25) is 5.78 Å². The summed E-state index contributed by atoms with van der Waals surface area (Å²) in [6.07, 6.45) is -0.0642. The van der Waals surface area contributed by atoms with Crippen LogP contribution < -0.4 is 14.2 Å². The van der Waals surface area contributed by atoms with Crippen LogP contribution in [0.2, 0.25) is 0 Å². The van der Waals surface area contributed by atoms with Crippen molar-refractivity contribution in [3.8, 4) is 17.2 Å². The fourth-order valence-corrected chi connectivity index (χ4v) is 2.40. The van der Waals surface area contributed by atoms with E-state index in [0.717, 1.165) is 6.42 Å². The molecule has 0 spiro atoms. The first kappa shape index (κ1) is 20.3. The molecule has 0 aromatic heterocycles. The molecule has 2 aromatic rings. The fourth-order valence-electron chi connectivity index (χ4n) is 2.40. The second-order valence-corrected chi connectivity index (χ2v) is 5.85. The molecule has 6 heteroatoms. The lowest BCUT2D eigenvalue weighted by molar-refractivity contribution is 0.0318. The van der Waals surface area contributed by atoms with Gasteiger partial charge >= 0.3 is 5.97 Å². The topological polar surface area (TPSA) is 71.1 Å². The Morgan fingerprint density at radius 3 is 2.19 bits per heavy atom. The molecule has 6 nitrogen and oxygen atoms in total. The number of ether oxygens (including phenoxy) is 4. The van der Waals surface area contributed by atoms with Crippen LogP contribution in [0, 0.1) is 0 Å². The quantitative estimate of drug-likeness (QED) is 0.491. The summed E-state index contributed by atoms with van der Waals surface area (Å²) < 4.78 is 21.2. The maximum atomic E-state index is 12.4. The Morgan fingerprint density at radius 1 is 0.926 bits per heavy atom. The van der Waals surface area contributed by atoms with Crippen LogP contribution in [0.1, 0.15) is 41.0 Å². The molecule has 0 unspecified atom stereocenters. The first-order valence-electron chi connectivity index (χ1n) is 8.70. The van der Waals surface area contributed by atoms with E-state index in [0.29, 0.717) is 29.4 Å². The number of Topliss-reactive ketones (excluding diaryl/α,β-unsaturated/α-hetero) is 1. The van der Waals surface area contributed by atoms with Crippen LogP contribution in [0.4, 0.5) is 0 Å². The second-order valence-electron chi connectivity index (χ2n) is 5.85. The number of rotatable bonds is 9. The Bertz CT molecular complexity index is 782. The van der Waals surface area contributed by atoms with Crippen LogP contribution in [0.25, 0.3) is 0 Å². The molecule has 0 aliphatic rings. The van der Waals surface area contributed by atoms with Crippen molar-refractivity contribution in [3.63, 3.8) is 0 Å². The molecule has 0 N–H and O–H groups in total. The van der Waals surface area contributed by atoms with E-state index in [-0.39, 0.29) is 11.3 Å². The van der Waals surface area contributed by atoms with E-state index in [1.54, 1.807) is 50.4 Å². The number of carbonyl (C=O) groups excluding carboxylic acids is 2. The van der Waals surface area contributed by atoms with Gasteiger partial charge in [-0.1, -0.05) is 6.92 Å². The largest absolute Gasteiger partial charge is 0.497 e. The van der Waals surface area contributed by atoms with E-state index in [1.165, 1.54) is 13.2 Å². The molecule has 27 heavy (non-hydrogen) atoms. The minimum absolute atomic E-state index is 0.282. The van der Waals surface area contributed by atoms with E-state index >= 15 is 0 Å². The first-order chi connectivity index (χ1) is 13.0. The molecule has 0 bridgehead atoms. The third-order valence-corrected chi connectivity index (χ3v) is 3.89. The minimum Gasteiger partial charge on any atom is -0.497 e. The highest BCUT2D eigenvalue weighted by Gasteiger charge is 2.21. The number of ketones is 1. The smallest absolute Gasteiger partial charge is 0.338 e. The van der Waals surface area contributed by atoms with Gasteiger partial charge in [-0.05, 0) is 55.8 Å². The molecule has 2 rings (SSSR count). The van der Waals surface area contributed by atoms with Crippen molar-refractivity contribution < 1.29 is 28.5 Å². The lowest BCUT2D eigenvalue weighted by Crippen LogP contribution is -2.24. The molecule has 0 aliphatic heterocycles. The SMILES string of the molecule is CCCOc1ccc(C(=O)O[C@H](C)C(=O)c2ccc(OC)cc2)cc1OC. The normalized spacial score (nSPS) is 11.4. The van der Waals surface area contributed by atoms with E-state index in [2.05, 4.69) is 0 Å². The molecule has 0 fully saturated rings. The Kier molecular flexibility index (Phi) is 7.23. The van der Waals surface area contributed by atoms with Gasteiger partial charge in [0.15, 0.2) is 17.6 Å². The molecule has 0 saturated carbocycles. The highest BCUT2D eigenvalue weighted by Crippen LogP contribution is 2.28. The number of carbonyl (C=O) groups is 2. The zero-order valence-electron chi connectivity index (χ0n) is 16.0. The van der Waals surface area contributed by atoms with Gasteiger partial charge in [-0.2, -0.15) is 0 Å². The summed E-state index contributed by atoms with van der Waals surface area (Å²) >= 11 is 0. The molecule has 2 aromatic carbocycles. The van der Waals surface area contributed by atoms with Crippen molar-refractivity contribution in [2.24, 2.45) is 0 Å². The third kappa shape index (κ3) is 5.23. The van der Waals surface area contributed by atoms with Gasteiger partial charge in [0.05, 0.1) is 26.4 Å². The molecule has 0 heterocycles. The van der Waals surface area contributed by atoms with Gasteiger partial charge in [-0.15, -0.1) is 0 Å². The summed E-state index contributed by atoms with van der Waals surface area (Å²) in [6.45, 7) is 4.09. The monoisotopic (exact) mass is 372 g/mol. The van der Waals surface area contributed by atoms with Crippen LogP contribution in [-0.4, -0.2) is 38.7 Å². The summed E-state index contributed by atoms with van der Waals surface area (Å²) in [5.74, 6) is 0.740. The molecule has 0 radical (unpaired) electrons. The van der Waals surface area contributed by atoms with Crippen molar-refractivity contribution >= 4 is 11.8 Å². The zero-order chi connectivity index (χ0) is 19.8. The van der Waals surface area contributed by atoms with Gasteiger partial charge in [0, 0.05) is 5.56 Å². The average molecular weight is 372 g/mol. The van der Waals surface area contributed by atoms with Crippen molar-refractivity contribution in [3.05, 3.63) is 53.6 Å². The van der Waals surface area contributed by atoms with E-state index in [1.807, 2.05) is 6.92 Å². The Labute approximate surface area is 159 Å². The molecule has 144 valence electrons. The predicted molar refractivity (Wildman–Crippen MR) is 101 cm³/mol. The summed E-state index contributed by atoms with van der Waals surface area (Å²) in [5.41, 5.74) is 0.724. The summed E-state index contributed by atoms with van der Waals surface area (Å²) in [6, 6.07) is 11.4. The fraction of sp³-hybridized carbons (Fsp3) is 0.333. The van der Waals surface area contributed by atoms with Gasteiger partial charge in [-0.25, -0.2) is 4.79 Å². The number of esters is 1. The summed E-state index contributed by atoms with van der Waals surface area (Å²) in [7, 11) is 3.05. The van der Waals surface area contributed by atoms with Gasteiger partial charge in [-0.3, -0.25) is 4.79 Å². The molecule has 1 atom stereocenters. The van der Waals surface area contributed by atoms with Crippen LogP contribution in [-0.2, 0) is 4.74 Å². The lowest BCUT2D eigenvalue weighted by Gasteiger charge is -2.14. The van der Waals surface area contributed by atoms with Crippen molar-refractivity contribution in [1.82, 2.24) is 0 Å². The molecule has 0 amide bonds. The van der Waals surface area contributed by atoms with Gasteiger partial charge < -0.3 is 18.9 Å². The Hall–Kier alpha value is -3.02. The van der Waals surface area contributed by atoms with Gasteiger partial charge in [0.1, 0.15) is 5.75 Å². The van der Waals surface area contributed by atoms with Gasteiger partial charge in [0.25, 0.3) is 0 Å². The van der Waals surface area contributed by atoms with E-state index in [4.69, 9.17) is 18.9 Å². The maximum Gasteiger partial charge on any atom is 0.338 e. The minimum atomic E-state index is -0.923. The van der Waals surface area contributed by atoms with Crippen molar-refractivity contribution in [2.75, 3.05) is 20.8 Å². The Balaban J connectivity index is 2.07. The zero-order valence-corrected chi connectivity index (χ0v) is 16.0. The number of benzene rings is 2. The van der Waals surface area contributed by atoms with Crippen LogP contribution >= 0.6 is 0 Å². The van der Waals surface area contributed by atoms with Crippen LogP contribution in [0.15, 0.2) is 42.5 Å². The lowest BCUT2D eigenvalue weighted by atomic mass is 10.1. The highest BCUT2D eigenvalue weighted by atomic mass is 16.5. The standard InChI is InChI=1S/C21H24O6/c1-5-12-26-18-11-8-16(13-19(18)25-4)21(23)27-14(2)20(22)15-6-9-17(24-3)10-7-15/h6-11,13-14H,5,12H2,1-4H3/t14-/m1/s1. The van der Waals surface area contributed by atoms with Crippen LogP contribution in [0.3, 0.4) is 0 Å². The Morgan fingerprint density at radius 2 is 1.59 bits per heavy atom. The van der Waals surface area contributed by atoms with Crippen molar-refractivity contribution in [1.29, 1.82) is 0 Å². The third-order valence-electron chi connectivity index (χ3n) is 3.89. The highest BCUT2D eigenvalue weighted by molar-refractivity contribution is 6.01. The first-order valence-corrected chi connectivity index (χ1v) is 8.70. The van der Waals surface area contributed by atoms with E-state index < -0.39 is 12.1 Å². The van der Waals surface area contributed by atoms with Crippen molar-refractivity contribution in [2.45, 2.75) is 26.4 Å². The predicted octanol–water partition coefficient (Wildman–Crippen LogP) is 3.92. The molecular formula is C21H24O6. The number of hydrogen-bond acceptors (Lipinski definition) is 6. The summed E-state index contributed by atoms with van der Waals surface area (Å²) in [5, 5.41) is 0. The molecular weight excluding hydrogens is 348 g/mol. The molecule has 0 aliphatic carbocycles. The second kappa shape index (κ2) is 9.62. The number of hydrogen-bond donors (Lipinski definition) is 0.